The molecule has 0 fully saturated rings. The van der Waals surface area contributed by atoms with Crippen molar-refractivity contribution in [3.05, 3.63) is 70.8 Å². The Balaban J connectivity index is 2.61. The van der Waals surface area contributed by atoms with E-state index < -0.39 is 40.3 Å². The zero-order chi connectivity index (χ0) is 14.9. The Kier molecular flexibility index (Phi) is 3.57. The second kappa shape index (κ2) is 5.03. The molecule has 0 aliphatic carbocycles. The second-order valence-electron chi connectivity index (χ2n) is 3.97. The van der Waals surface area contributed by atoms with Gasteiger partial charge in [0.25, 0.3) is 0 Å². The van der Waals surface area contributed by atoms with Crippen molar-refractivity contribution in [1.82, 2.24) is 0 Å². The van der Waals surface area contributed by atoms with Gasteiger partial charge in [0, 0.05) is 5.56 Å². The highest BCUT2D eigenvalue weighted by molar-refractivity contribution is 6.10. The Hall–Kier alpha value is -2.24. The van der Waals surface area contributed by atoms with E-state index in [1.165, 1.54) is 6.07 Å². The lowest BCUT2D eigenvalue weighted by Crippen LogP contribution is -2.15. The van der Waals surface area contributed by atoms with Gasteiger partial charge in [0.05, 0.1) is 11.1 Å². The first-order chi connectivity index (χ1) is 9.32. The summed E-state index contributed by atoms with van der Waals surface area (Å²) in [5.74, 6) is -3.74. The fraction of sp³-hybridized carbons (Fsp3) is 0.0714. The third-order valence-electron chi connectivity index (χ3n) is 2.67. The van der Waals surface area contributed by atoms with Crippen molar-refractivity contribution in [2.24, 2.45) is 0 Å². The Morgan fingerprint density at radius 2 is 1.40 bits per heavy atom. The van der Waals surface area contributed by atoms with Gasteiger partial charge < -0.3 is 0 Å². The molecule has 0 unspecified atom stereocenters. The van der Waals surface area contributed by atoms with Gasteiger partial charge in [-0.1, -0.05) is 24.3 Å². The van der Waals surface area contributed by atoms with E-state index in [-0.39, 0.29) is 0 Å². The van der Waals surface area contributed by atoms with Gasteiger partial charge >= 0.3 is 6.18 Å². The first-order valence-electron chi connectivity index (χ1n) is 5.47. The third-order valence-corrected chi connectivity index (χ3v) is 2.67. The van der Waals surface area contributed by atoms with Crippen molar-refractivity contribution in [2.45, 2.75) is 6.18 Å². The molecule has 20 heavy (non-hydrogen) atoms. The highest BCUT2D eigenvalue weighted by atomic mass is 19.4. The molecule has 0 radical (unpaired) electrons. The Bertz CT molecular complexity index is 641. The predicted octanol–water partition coefficient (Wildman–Crippen LogP) is 4.21. The summed E-state index contributed by atoms with van der Waals surface area (Å²) < 4.78 is 65.3. The minimum Gasteiger partial charge on any atom is -0.288 e. The van der Waals surface area contributed by atoms with Crippen LogP contribution in [0.4, 0.5) is 22.0 Å². The van der Waals surface area contributed by atoms with Crippen molar-refractivity contribution in [3.8, 4) is 0 Å². The predicted molar refractivity (Wildman–Crippen MR) is 61.2 cm³/mol. The minimum absolute atomic E-state index is 0.686. The molecule has 104 valence electrons. The Labute approximate surface area is 110 Å². The van der Waals surface area contributed by atoms with Gasteiger partial charge in [0.1, 0.15) is 11.6 Å². The lowest BCUT2D eigenvalue weighted by Gasteiger charge is -2.12. The SMILES string of the molecule is O=C(c1ccccc1C(F)(F)F)c1c(F)cccc1F. The maximum atomic E-state index is 13.5. The molecule has 6 heteroatoms. The van der Waals surface area contributed by atoms with Crippen molar-refractivity contribution >= 4 is 5.78 Å². The molecule has 0 atom stereocenters. The molecule has 0 saturated carbocycles. The maximum absolute atomic E-state index is 13.5. The van der Waals surface area contributed by atoms with E-state index in [0.717, 1.165) is 30.3 Å². The van der Waals surface area contributed by atoms with Crippen molar-refractivity contribution < 1.29 is 26.7 Å². The zero-order valence-electron chi connectivity index (χ0n) is 9.84. The van der Waals surface area contributed by atoms with Crippen LogP contribution in [0, 0.1) is 11.6 Å². The van der Waals surface area contributed by atoms with E-state index in [0.29, 0.717) is 6.07 Å². The van der Waals surface area contributed by atoms with Crippen LogP contribution in [0.3, 0.4) is 0 Å². The summed E-state index contributed by atoms with van der Waals surface area (Å²) in [6.07, 6.45) is -4.78. The van der Waals surface area contributed by atoms with E-state index in [4.69, 9.17) is 0 Å². The molecule has 0 aliphatic rings. The number of ketones is 1. The van der Waals surface area contributed by atoms with Crippen molar-refractivity contribution in [3.63, 3.8) is 0 Å². The van der Waals surface area contributed by atoms with Crippen LogP contribution in [0.1, 0.15) is 21.5 Å². The largest absolute Gasteiger partial charge is 0.417 e. The first-order valence-corrected chi connectivity index (χ1v) is 5.47. The number of rotatable bonds is 2. The molecule has 0 aromatic heterocycles. The normalized spacial score (nSPS) is 11.4. The second-order valence-corrected chi connectivity index (χ2v) is 3.97. The molecular weight excluding hydrogens is 279 g/mol. The molecule has 0 spiro atoms. The minimum atomic E-state index is -4.78. The fourth-order valence-electron chi connectivity index (χ4n) is 1.78. The summed E-state index contributed by atoms with van der Waals surface area (Å²) in [6.45, 7) is 0. The number of benzene rings is 2. The summed E-state index contributed by atoms with van der Waals surface area (Å²) in [7, 11) is 0. The van der Waals surface area contributed by atoms with Gasteiger partial charge in [-0.2, -0.15) is 13.2 Å². The number of carbonyl (C=O) groups excluding carboxylic acids is 1. The third kappa shape index (κ3) is 2.54. The molecule has 0 N–H and O–H groups in total. The number of halogens is 5. The standard InChI is InChI=1S/C14H7F5O/c15-10-6-3-7-11(16)12(10)13(20)8-4-1-2-5-9(8)14(17,18)19/h1-7H. The monoisotopic (exact) mass is 286 g/mol. The Morgan fingerprint density at radius 3 is 1.95 bits per heavy atom. The van der Waals surface area contributed by atoms with E-state index in [2.05, 4.69) is 0 Å². The number of hydrogen-bond donors (Lipinski definition) is 0. The molecule has 2 aromatic carbocycles. The summed E-state index contributed by atoms with van der Waals surface area (Å²) >= 11 is 0. The van der Waals surface area contributed by atoms with E-state index in [1.54, 1.807) is 0 Å². The Morgan fingerprint density at radius 1 is 0.850 bits per heavy atom. The van der Waals surface area contributed by atoms with Crippen LogP contribution >= 0.6 is 0 Å². The van der Waals surface area contributed by atoms with Crippen LogP contribution in [0.5, 0.6) is 0 Å². The van der Waals surface area contributed by atoms with E-state index in [1.807, 2.05) is 0 Å². The number of hydrogen-bond acceptors (Lipinski definition) is 1. The van der Waals surface area contributed by atoms with Crippen molar-refractivity contribution in [2.75, 3.05) is 0 Å². The van der Waals surface area contributed by atoms with Crippen LogP contribution in [0.2, 0.25) is 0 Å². The van der Waals surface area contributed by atoms with Crippen LogP contribution in [0.25, 0.3) is 0 Å². The van der Waals surface area contributed by atoms with Crippen LogP contribution in [-0.4, -0.2) is 5.78 Å². The quantitative estimate of drug-likeness (QED) is 0.597. The smallest absolute Gasteiger partial charge is 0.288 e. The lowest BCUT2D eigenvalue weighted by atomic mass is 9.97. The highest BCUT2D eigenvalue weighted by Gasteiger charge is 2.35. The van der Waals surface area contributed by atoms with Crippen molar-refractivity contribution in [1.29, 1.82) is 0 Å². The number of carbonyl (C=O) groups is 1. The molecule has 0 saturated heterocycles. The highest BCUT2D eigenvalue weighted by Crippen LogP contribution is 2.33. The summed E-state index contributed by atoms with van der Waals surface area (Å²) in [6, 6.07) is 6.51. The zero-order valence-corrected chi connectivity index (χ0v) is 9.84. The van der Waals surface area contributed by atoms with Gasteiger partial charge in [-0.25, -0.2) is 8.78 Å². The fourth-order valence-corrected chi connectivity index (χ4v) is 1.78. The molecule has 2 rings (SSSR count). The number of alkyl halides is 3. The molecular formula is C14H7F5O. The van der Waals surface area contributed by atoms with Gasteiger partial charge in [-0.3, -0.25) is 4.79 Å². The topological polar surface area (TPSA) is 17.1 Å². The van der Waals surface area contributed by atoms with Crippen LogP contribution in [-0.2, 0) is 6.18 Å². The molecule has 2 aromatic rings. The van der Waals surface area contributed by atoms with Gasteiger partial charge in [0.2, 0.25) is 0 Å². The molecule has 0 amide bonds. The lowest BCUT2D eigenvalue weighted by molar-refractivity contribution is -0.137. The first kappa shape index (κ1) is 14.2. The molecule has 1 nitrogen and oxygen atoms in total. The van der Waals surface area contributed by atoms with Crippen LogP contribution in [0.15, 0.2) is 42.5 Å². The molecule has 0 heterocycles. The van der Waals surface area contributed by atoms with E-state index >= 15 is 0 Å². The molecule has 0 aliphatic heterocycles. The molecule has 0 bridgehead atoms. The average Bonchev–Trinajstić information content (AvgIpc) is 2.37. The summed E-state index contributed by atoms with van der Waals surface area (Å²) in [4.78, 5) is 12.0. The van der Waals surface area contributed by atoms with Gasteiger partial charge in [-0.15, -0.1) is 0 Å². The van der Waals surface area contributed by atoms with Gasteiger partial charge in [0.15, 0.2) is 5.78 Å². The van der Waals surface area contributed by atoms with Gasteiger partial charge in [-0.05, 0) is 18.2 Å². The average molecular weight is 286 g/mol. The summed E-state index contributed by atoms with van der Waals surface area (Å²) in [5, 5.41) is 0. The van der Waals surface area contributed by atoms with Crippen LogP contribution < -0.4 is 0 Å². The summed E-state index contributed by atoms with van der Waals surface area (Å²) in [5.41, 5.74) is -3.01. The van der Waals surface area contributed by atoms with E-state index in [9.17, 15) is 26.7 Å². The maximum Gasteiger partial charge on any atom is 0.417 e.